The van der Waals surface area contributed by atoms with Gasteiger partial charge in [0.05, 0.1) is 29.0 Å². The average Bonchev–Trinajstić information content (AvgIpc) is 3.43. The van der Waals surface area contributed by atoms with E-state index in [9.17, 15) is 0 Å². The van der Waals surface area contributed by atoms with Gasteiger partial charge in [-0.2, -0.15) is 5.10 Å². The third-order valence-corrected chi connectivity index (χ3v) is 4.99. The SMILES string of the molecule is c1ccc(-c2nccc3[nH]c(-c4n[nH]c5ncc(-c6cnccn6)cc45)cc23)nc1. The van der Waals surface area contributed by atoms with E-state index in [1.165, 1.54) is 0 Å². The summed E-state index contributed by atoms with van der Waals surface area (Å²) in [4.78, 5) is 25.5. The molecule has 0 amide bonds. The molecule has 2 N–H and O–H groups in total. The molecule has 0 aliphatic rings. The Balaban J connectivity index is 1.52. The number of hydrogen-bond donors (Lipinski definition) is 2. The number of nitrogens with zero attached hydrogens (tertiary/aromatic N) is 6. The molecule has 8 nitrogen and oxygen atoms in total. The van der Waals surface area contributed by atoms with Crippen LogP contribution in [0.25, 0.3) is 56.0 Å². The lowest BCUT2D eigenvalue weighted by Crippen LogP contribution is -1.86. The fraction of sp³-hybridized carbons (Fsp3) is 0. The Morgan fingerprint density at radius 2 is 1.67 bits per heavy atom. The molecule has 8 heteroatoms. The normalized spacial score (nSPS) is 11.3. The molecule has 0 radical (unpaired) electrons. The first kappa shape index (κ1) is 16.5. The second-order valence-electron chi connectivity index (χ2n) is 6.80. The highest BCUT2D eigenvalue weighted by atomic mass is 15.2. The largest absolute Gasteiger partial charge is 0.353 e. The number of nitrogens with one attached hydrogen (secondary N) is 2. The zero-order valence-electron chi connectivity index (χ0n) is 15.6. The highest BCUT2D eigenvalue weighted by Crippen LogP contribution is 2.32. The maximum Gasteiger partial charge on any atom is 0.155 e. The second kappa shape index (κ2) is 6.56. The van der Waals surface area contributed by atoms with Crippen LogP contribution in [0, 0.1) is 0 Å². The van der Waals surface area contributed by atoms with Gasteiger partial charge in [-0.05, 0) is 30.3 Å². The molecule has 0 aromatic carbocycles. The summed E-state index contributed by atoms with van der Waals surface area (Å²) in [5, 5.41) is 9.40. The van der Waals surface area contributed by atoms with Gasteiger partial charge in [-0.1, -0.05) is 6.07 Å². The Bertz CT molecular complexity index is 1490. The maximum atomic E-state index is 4.55. The van der Waals surface area contributed by atoms with E-state index in [1.807, 2.05) is 30.3 Å². The standard InChI is InChI=1S/C22H14N8/c1-2-5-24-17(3-1)20-14-10-18(28-16(14)4-6-26-20)21-15-9-13(11-27-22(15)30-29-21)19-12-23-7-8-25-19/h1-12,28H,(H,27,29,30). The third-order valence-electron chi connectivity index (χ3n) is 4.99. The summed E-state index contributed by atoms with van der Waals surface area (Å²) < 4.78 is 0. The molecule has 142 valence electrons. The fourth-order valence-electron chi connectivity index (χ4n) is 3.59. The molecule has 6 aromatic rings. The van der Waals surface area contributed by atoms with Crippen LogP contribution < -0.4 is 0 Å². The van der Waals surface area contributed by atoms with Crippen molar-refractivity contribution < 1.29 is 0 Å². The first-order valence-electron chi connectivity index (χ1n) is 9.37. The Morgan fingerprint density at radius 1 is 0.700 bits per heavy atom. The number of hydrogen-bond acceptors (Lipinski definition) is 6. The van der Waals surface area contributed by atoms with E-state index >= 15 is 0 Å². The molecule has 6 aromatic heterocycles. The maximum absolute atomic E-state index is 4.55. The van der Waals surface area contributed by atoms with Crippen LogP contribution in [0.2, 0.25) is 0 Å². The van der Waals surface area contributed by atoms with E-state index in [4.69, 9.17) is 0 Å². The van der Waals surface area contributed by atoms with Crippen LogP contribution in [0.4, 0.5) is 0 Å². The van der Waals surface area contributed by atoms with E-state index in [2.05, 4.69) is 46.2 Å². The molecule has 0 spiro atoms. The smallest absolute Gasteiger partial charge is 0.155 e. The van der Waals surface area contributed by atoms with E-state index in [0.29, 0.717) is 5.65 Å². The Labute approximate surface area is 170 Å². The lowest BCUT2D eigenvalue weighted by Gasteiger charge is -2.00. The molecule has 6 rings (SSSR count). The predicted octanol–water partition coefficient (Wildman–Crippen LogP) is 4.02. The van der Waals surface area contributed by atoms with Crippen molar-refractivity contribution in [1.82, 2.24) is 40.1 Å². The minimum atomic E-state index is 0.708. The van der Waals surface area contributed by atoms with Gasteiger partial charge in [-0.3, -0.25) is 25.0 Å². The molecule has 0 bridgehead atoms. The summed E-state index contributed by atoms with van der Waals surface area (Å²) in [7, 11) is 0. The van der Waals surface area contributed by atoms with Crippen LogP contribution in [0.5, 0.6) is 0 Å². The molecule has 0 saturated carbocycles. The summed E-state index contributed by atoms with van der Waals surface area (Å²) in [5.41, 5.74) is 6.63. The minimum Gasteiger partial charge on any atom is -0.353 e. The van der Waals surface area contributed by atoms with Crippen LogP contribution >= 0.6 is 0 Å². The Kier molecular flexibility index (Phi) is 3.60. The molecule has 0 saturated heterocycles. The van der Waals surface area contributed by atoms with Gasteiger partial charge in [0.25, 0.3) is 0 Å². The molecule has 0 atom stereocenters. The van der Waals surface area contributed by atoms with E-state index < -0.39 is 0 Å². The monoisotopic (exact) mass is 390 g/mol. The number of aromatic nitrogens is 8. The topological polar surface area (TPSA) is 109 Å². The third kappa shape index (κ3) is 2.62. The molecule has 0 fully saturated rings. The van der Waals surface area contributed by atoms with Crippen molar-refractivity contribution >= 4 is 21.9 Å². The highest BCUT2D eigenvalue weighted by Gasteiger charge is 2.16. The summed E-state index contributed by atoms with van der Waals surface area (Å²) in [6, 6.07) is 11.8. The summed E-state index contributed by atoms with van der Waals surface area (Å²) >= 11 is 0. The van der Waals surface area contributed by atoms with Gasteiger partial charge >= 0.3 is 0 Å². The Morgan fingerprint density at radius 3 is 2.53 bits per heavy atom. The van der Waals surface area contributed by atoms with Gasteiger partial charge in [0.2, 0.25) is 0 Å². The average molecular weight is 390 g/mol. The number of pyridine rings is 3. The molecule has 0 aliphatic carbocycles. The van der Waals surface area contributed by atoms with Crippen molar-refractivity contribution in [1.29, 1.82) is 0 Å². The van der Waals surface area contributed by atoms with Crippen LogP contribution in [-0.4, -0.2) is 40.1 Å². The number of H-pyrrole nitrogens is 2. The molecule has 0 unspecified atom stereocenters. The van der Waals surface area contributed by atoms with Crippen molar-refractivity contribution in [2.24, 2.45) is 0 Å². The van der Waals surface area contributed by atoms with Crippen LogP contribution in [0.3, 0.4) is 0 Å². The van der Waals surface area contributed by atoms with Gasteiger partial charge in [0.15, 0.2) is 5.65 Å². The van der Waals surface area contributed by atoms with Gasteiger partial charge < -0.3 is 4.98 Å². The quantitative estimate of drug-likeness (QED) is 0.472. The van der Waals surface area contributed by atoms with Crippen LogP contribution in [0.1, 0.15) is 0 Å². The molecular formula is C22H14N8. The van der Waals surface area contributed by atoms with Gasteiger partial charge in [0, 0.05) is 52.8 Å². The van der Waals surface area contributed by atoms with E-state index in [0.717, 1.165) is 50.3 Å². The van der Waals surface area contributed by atoms with Crippen molar-refractivity contribution in [3.05, 3.63) is 73.6 Å². The molecule has 30 heavy (non-hydrogen) atoms. The molecule has 6 heterocycles. The zero-order chi connectivity index (χ0) is 19.9. The summed E-state index contributed by atoms with van der Waals surface area (Å²) in [5.74, 6) is 0. The van der Waals surface area contributed by atoms with Crippen LogP contribution in [-0.2, 0) is 0 Å². The van der Waals surface area contributed by atoms with Gasteiger partial charge in [-0.15, -0.1) is 0 Å². The van der Waals surface area contributed by atoms with Crippen molar-refractivity contribution in [3.63, 3.8) is 0 Å². The van der Waals surface area contributed by atoms with Crippen molar-refractivity contribution in [2.45, 2.75) is 0 Å². The fourth-order valence-corrected chi connectivity index (χ4v) is 3.59. The van der Waals surface area contributed by atoms with Gasteiger partial charge in [-0.25, -0.2) is 4.98 Å². The number of aromatic amines is 2. The second-order valence-corrected chi connectivity index (χ2v) is 6.80. The summed E-state index contributed by atoms with van der Waals surface area (Å²) in [6.45, 7) is 0. The van der Waals surface area contributed by atoms with Crippen molar-refractivity contribution in [3.8, 4) is 34.0 Å². The first-order chi connectivity index (χ1) is 14.9. The minimum absolute atomic E-state index is 0.708. The lowest BCUT2D eigenvalue weighted by molar-refractivity contribution is 1.10. The van der Waals surface area contributed by atoms with E-state index in [-0.39, 0.29) is 0 Å². The number of rotatable bonds is 3. The summed E-state index contributed by atoms with van der Waals surface area (Å²) in [6.07, 6.45) is 10.3. The molecule has 0 aliphatic heterocycles. The molecular weight excluding hydrogens is 376 g/mol. The van der Waals surface area contributed by atoms with Crippen LogP contribution in [0.15, 0.2) is 73.6 Å². The lowest BCUT2D eigenvalue weighted by atomic mass is 10.1. The number of fused-ring (bicyclic) bond motifs is 2. The predicted molar refractivity (Wildman–Crippen MR) is 113 cm³/mol. The zero-order valence-corrected chi connectivity index (χ0v) is 15.6. The van der Waals surface area contributed by atoms with Crippen molar-refractivity contribution in [2.75, 3.05) is 0 Å². The first-order valence-corrected chi connectivity index (χ1v) is 9.37. The van der Waals surface area contributed by atoms with E-state index in [1.54, 1.807) is 37.2 Å². The van der Waals surface area contributed by atoms with Gasteiger partial charge in [0.1, 0.15) is 5.69 Å². The Hall–Kier alpha value is -4.46. The highest BCUT2D eigenvalue weighted by molar-refractivity contribution is 5.99.